The highest BCUT2D eigenvalue weighted by molar-refractivity contribution is 6.75. The molecule has 0 aromatic heterocycles. The summed E-state index contributed by atoms with van der Waals surface area (Å²) in [5, 5.41) is 0.614. The Morgan fingerprint density at radius 3 is 1.78 bits per heavy atom. The number of hydrogen-bond donors (Lipinski definition) is 0. The molecule has 0 N–H and O–H groups in total. The minimum Gasteiger partial charge on any atom is -0.417 e. The molecule has 284 valence electrons. The molecule has 6 atom stereocenters. The predicted octanol–water partition coefficient (Wildman–Crippen LogP) is 14.0. The lowest BCUT2D eigenvalue weighted by Crippen LogP contribution is -2.49. The highest BCUT2D eigenvalue weighted by Crippen LogP contribution is 2.60. The van der Waals surface area contributed by atoms with Crippen LogP contribution in [0.5, 0.6) is 0 Å². The van der Waals surface area contributed by atoms with E-state index >= 15 is 0 Å². The van der Waals surface area contributed by atoms with Gasteiger partial charge in [0.15, 0.2) is 25.0 Å². The number of rotatable bonds is 12. The first-order valence-electron chi connectivity index (χ1n) is 20.2. The maximum atomic E-state index is 7.12. The van der Waals surface area contributed by atoms with E-state index < -0.39 is 25.0 Å². The zero-order valence-corrected chi connectivity index (χ0v) is 38.8. The van der Waals surface area contributed by atoms with Gasteiger partial charge in [-0.15, -0.1) is 0 Å². The Balaban J connectivity index is 1.76. The fourth-order valence-corrected chi connectivity index (χ4v) is 11.9. The van der Waals surface area contributed by atoms with E-state index in [0.29, 0.717) is 10.5 Å². The van der Waals surface area contributed by atoms with Crippen molar-refractivity contribution in [2.45, 2.75) is 207 Å². The van der Waals surface area contributed by atoms with Gasteiger partial charge in [0.2, 0.25) is 0 Å². The molecule has 0 spiro atoms. The number of fused-ring (bicyclic) bond motifs is 1. The topological polar surface area (TPSA) is 27.7 Å². The van der Waals surface area contributed by atoms with E-state index in [0.717, 1.165) is 37.2 Å². The Bertz CT molecular complexity index is 1150. The van der Waals surface area contributed by atoms with Gasteiger partial charge in [0.05, 0.1) is 12.2 Å². The van der Waals surface area contributed by atoms with Gasteiger partial charge in [-0.25, -0.2) is 0 Å². The zero-order valence-electron chi connectivity index (χ0n) is 35.8. The Kier molecular flexibility index (Phi) is 13.8. The molecule has 0 aromatic carbocycles. The van der Waals surface area contributed by atoms with Crippen molar-refractivity contribution in [3.63, 3.8) is 0 Å². The molecular weight excluding hydrogens is 649 g/mol. The summed E-state index contributed by atoms with van der Waals surface area (Å²) in [4.78, 5) is 0. The summed E-state index contributed by atoms with van der Waals surface area (Å²) in [5.74, 6) is 2.34. The van der Waals surface area contributed by atoms with E-state index in [9.17, 15) is 0 Å². The number of hydrogen-bond acceptors (Lipinski definition) is 3. The van der Waals surface area contributed by atoms with Gasteiger partial charge in [-0.2, -0.15) is 0 Å². The molecule has 49 heavy (non-hydrogen) atoms. The van der Waals surface area contributed by atoms with Crippen LogP contribution in [0.3, 0.4) is 0 Å². The van der Waals surface area contributed by atoms with Gasteiger partial charge in [-0.3, -0.25) is 0 Å². The summed E-state index contributed by atoms with van der Waals surface area (Å²) < 4.78 is 20.7. The van der Waals surface area contributed by atoms with Crippen LogP contribution in [0.4, 0.5) is 0 Å². The summed E-state index contributed by atoms with van der Waals surface area (Å²) in [6, 6.07) is 0. The monoisotopic (exact) mass is 731 g/mol. The molecule has 0 aliphatic heterocycles. The van der Waals surface area contributed by atoms with Gasteiger partial charge in [-0.05, 0) is 135 Å². The van der Waals surface area contributed by atoms with Gasteiger partial charge in [0, 0.05) is 6.61 Å². The molecule has 3 saturated carbocycles. The number of allylic oxidation sites excluding steroid dienone is 3. The standard InChI is InChI=1S/C43H82O3Si3/c1-32(22-19-20-29-44-47(13,14)40(3,4)5)36-26-27-37-35(23-21-28-43(36,37)12)25-24-34-30-38(45-48(15,16)41(6,7)8)33(2)39(31-34)46-49(17,18)42(9,10)11/h24-25,32,36-39H,2,19-23,26-31H2,1,3-18H3/t32-,36-,37+,38-,39-,43-/m1/s1. The van der Waals surface area contributed by atoms with Crippen LogP contribution in [0, 0.1) is 23.2 Å². The summed E-state index contributed by atoms with van der Waals surface area (Å²) in [6.45, 7) is 46.2. The second-order valence-electron chi connectivity index (χ2n) is 21.5. The number of unbranched alkanes of at least 4 members (excludes halogenated alkanes) is 1. The van der Waals surface area contributed by atoms with Crippen molar-refractivity contribution in [3.8, 4) is 0 Å². The smallest absolute Gasteiger partial charge is 0.192 e. The van der Waals surface area contributed by atoms with Crippen LogP contribution in [0.25, 0.3) is 0 Å². The summed E-state index contributed by atoms with van der Waals surface area (Å²) in [7, 11) is -5.59. The second kappa shape index (κ2) is 15.6. The van der Waals surface area contributed by atoms with Crippen LogP contribution < -0.4 is 0 Å². The van der Waals surface area contributed by atoms with Gasteiger partial charge in [0.25, 0.3) is 0 Å². The van der Waals surface area contributed by atoms with E-state index in [-0.39, 0.29) is 22.3 Å². The van der Waals surface area contributed by atoms with E-state index in [1.807, 2.05) is 0 Å². The molecule has 6 heteroatoms. The van der Waals surface area contributed by atoms with E-state index in [4.69, 9.17) is 13.3 Å². The maximum absolute atomic E-state index is 7.12. The SMILES string of the molecule is C=C1[C@H](O[Si](C)(C)C(C)(C)C)CC(=CC=C2CCC[C@]3(C)[C@@H]([C@H](C)CCCCO[Si](C)(C)C(C)(C)C)CC[C@@H]23)C[C@H]1O[Si](C)(C)C(C)(C)C. The van der Waals surface area contributed by atoms with E-state index in [1.165, 1.54) is 62.5 Å². The van der Waals surface area contributed by atoms with E-state index in [1.54, 1.807) is 5.57 Å². The van der Waals surface area contributed by atoms with Crippen LogP contribution in [0.2, 0.25) is 54.4 Å². The molecule has 3 fully saturated rings. The van der Waals surface area contributed by atoms with Crippen molar-refractivity contribution < 1.29 is 13.3 Å². The molecule has 0 unspecified atom stereocenters. The van der Waals surface area contributed by atoms with Gasteiger partial charge >= 0.3 is 0 Å². The average Bonchev–Trinajstić information content (AvgIpc) is 3.29. The molecular formula is C43H82O3Si3. The zero-order chi connectivity index (χ0) is 37.4. The lowest BCUT2D eigenvalue weighted by molar-refractivity contribution is 0.0926. The molecule has 0 saturated heterocycles. The summed E-state index contributed by atoms with van der Waals surface area (Å²) >= 11 is 0. The van der Waals surface area contributed by atoms with Crippen LogP contribution in [0.1, 0.15) is 140 Å². The fraction of sp³-hybridized carbons (Fsp3) is 0.860. The third-order valence-electron chi connectivity index (χ3n) is 14.8. The molecule has 0 aromatic rings. The maximum Gasteiger partial charge on any atom is 0.192 e. The van der Waals surface area contributed by atoms with Crippen molar-refractivity contribution in [3.05, 3.63) is 35.5 Å². The quantitative estimate of drug-likeness (QED) is 0.114. The van der Waals surface area contributed by atoms with E-state index in [2.05, 4.69) is 134 Å². The van der Waals surface area contributed by atoms with Crippen LogP contribution >= 0.6 is 0 Å². The first-order valence-corrected chi connectivity index (χ1v) is 28.9. The van der Waals surface area contributed by atoms with Gasteiger partial charge in [-0.1, -0.05) is 119 Å². The lowest BCUT2D eigenvalue weighted by atomic mass is 9.60. The highest BCUT2D eigenvalue weighted by atomic mass is 28.4. The third-order valence-corrected chi connectivity index (χ3v) is 28.3. The normalized spacial score (nSPS) is 29.4. The molecule has 0 amide bonds. The van der Waals surface area contributed by atoms with Crippen molar-refractivity contribution in [1.29, 1.82) is 0 Å². The molecule has 0 heterocycles. The molecule has 3 nitrogen and oxygen atoms in total. The molecule has 0 radical (unpaired) electrons. The average molecular weight is 731 g/mol. The molecule has 3 aliphatic carbocycles. The van der Waals surface area contributed by atoms with Crippen LogP contribution in [-0.4, -0.2) is 43.8 Å². The van der Waals surface area contributed by atoms with Gasteiger partial charge in [0.1, 0.15) is 0 Å². The minimum absolute atomic E-state index is 0.0367. The van der Waals surface area contributed by atoms with Crippen molar-refractivity contribution in [2.24, 2.45) is 23.2 Å². The van der Waals surface area contributed by atoms with Crippen LogP contribution in [0.15, 0.2) is 35.5 Å². The molecule has 3 rings (SSSR count). The highest BCUT2D eigenvalue weighted by Gasteiger charge is 2.51. The minimum atomic E-state index is -1.97. The van der Waals surface area contributed by atoms with Crippen molar-refractivity contribution in [2.75, 3.05) is 6.61 Å². The van der Waals surface area contributed by atoms with Crippen molar-refractivity contribution >= 4 is 25.0 Å². The Morgan fingerprint density at radius 2 is 1.29 bits per heavy atom. The first kappa shape index (κ1) is 43.2. The van der Waals surface area contributed by atoms with Gasteiger partial charge < -0.3 is 13.3 Å². The van der Waals surface area contributed by atoms with Crippen molar-refractivity contribution in [1.82, 2.24) is 0 Å². The fourth-order valence-electron chi connectivity index (χ4n) is 8.22. The summed E-state index contributed by atoms with van der Waals surface area (Å²) in [6.07, 6.45) is 17.6. The molecule has 0 bridgehead atoms. The largest absolute Gasteiger partial charge is 0.417 e. The predicted molar refractivity (Wildman–Crippen MR) is 223 cm³/mol. The first-order chi connectivity index (χ1) is 22.1. The second-order valence-corrected chi connectivity index (χ2v) is 35.8. The Labute approximate surface area is 309 Å². The third kappa shape index (κ3) is 10.2. The lowest BCUT2D eigenvalue weighted by Gasteiger charge is -2.46. The molecule has 3 aliphatic rings. The summed E-state index contributed by atoms with van der Waals surface area (Å²) in [5.41, 5.74) is 4.81. The van der Waals surface area contributed by atoms with Crippen LogP contribution in [-0.2, 0) is 13.3 Å². The Morgan fingerprint density at radius 1 is 0.776 bits per heavy atom. The Hall–Kier alpha value is -0.249.